The van der Waals surface area contributed by atoms with Gasteiger partial charge >= 0.3 is 0 Å². The number of guanidine groups is 1. The Kier molecular flexibility index (Phi) is 1.89. The lowest BCUT2D eigenvalue weighted by Crippen LogP contribution is -2.38. The highest BCUT2D eigenvalue weighted by Gasteiger charge is 1.91. The van der Waals surface area contributed by atoms with Crippen molar-refractivity contribution in [3.05, 3.63) is 0 Å². The van der Waals surface area contributed by atoms with Crippen LogP contribution in [-0.4, -0.2) is 11.4 Å². The Morgan fingerprint density at radius 3 is 2.43 bits per heavy atom. The number of hydrazine groups is 2. The van der Waals surface area contributed by atoms with E-state index in [1.807, 2.05) is 0 Å². The molecule has 0 bridgehead atoms. The molecule has 0 radical (unpaired) electrons. The molecule has 1 rings (SSSR count). The molecule has 0 amide bonds. The van der Waals surface area contributed by atoms with Gasteiger partial charge in [0, 0.05) is 0 Å². The SMILES string of the molecule is NC1=NNNN1.O. The van der Waals surface area contributed by atoms with Gasteiger partial charge in [-0.1, -0.05) is 0 Å². The Morgan fingerprint density at radius 1 is 1.57 bits per heavy atom. The average molecular weight is 105 g/mol. The molecule has 6 nitrogen and oxygen atoms in total. The minimum absolute atomic E-state index is 0. The van der Waals surface area contributed by atoms with Crippen LogP contribution in [-0.2, 0) is 0 Å². The molecule has 1 aliphatic rings. The van der Waals surface area contributed by atoms with Crippen molar-refractivity contribution in [2.24, 2.45) is 10.8 Å². The average Bonchev–Trinajstić information content (AvgIpc) is 1.86. The number of hydrogen-bond acceptors (Lipinski definition) is 5. The highest BCUT2D eigenvalue weighted by atomic mass is 16.0. The number of hydrogen-bond donors (Lipinski definition) is 4. The molecule has 0 aromatic carbocycles. The lowest BCUT2D eigenvalue weighted by atomic mass is 11.1. The smallest absolute Gasteiger partial charge is 0.228 e. The predicted octanol–water partition coefficient (Wildman–Crippen LogP) is -3.00. The number of rotatable bonds is 0. The lowest BCUT2D eigenvalue weighted by molar-refractivity contribution is 0.577. The third-order valence-corrected chi connectivity index (χ3v) is 0.423. The van der Waals surface area contributed by atoms with E-state index in [4.69, 9.17) is 5.73 Å². The van der Waals surface area contributed by atoms with Gasteiger partial charge in [-0.25, -0.2) is 5.53 Å². The summed E-state index contributed by atoms with van der Waals surface area (Å²) in [5.74, 6) is 0.356. The zero-order valence-corrected chi connectivity index (χ0v) is 3.52. The highest BCUT2D eigenvalue weighted by Crippen LogP contribution is 1.57. The fourth-order valence-electron chi connectivity index (χ4n) is 0.208. The molecule has 0 fully saturated rings. The number of hydrazone groups is 1. The standard InChI is InChI=1S/CH5N5.H2O/c2-1-3-5-6-4-1;/h5-6H,(H3,2,3,4);1H2. The molecule has 1 aliphatic heterocycles. The van der Waals surface area contributed by atoms with Crippen molar-refractivity contribution in [3.63, 3.8) is 0 Å². The fourth-order valence-corrected chi connectivity index (χ4v) is 0.208. The second-order valence-electron chi connectivity index (χ2n) is 0.859. The monoisotopic (exact) mass is 105 g/mol. The summed E-state index contributed by atoms with van der Waals surface area (Å²) in [6, 6.07) is 0. The van der Waals surface area contributed by atoms with Crippen molar-refractivity contribution in [2.75, 3.05) is 0 Å². The van der Waals surface area contributed by atoms with Gasteiger partial charge in [-0.2, -0.15) is 0 Å². The fraction of sp³-hybridized carbons (Fsp3) is 0. The maximum Gasteiger partial charge on any atom is 0.228 e. The van der Waals surface area contributed by atoms with Gasteiger partial charge in [-0.3, -0.25) is 5.43 Å². The van der Waals surface area contributed by atoms with Crippen LogP contribution in [0.4, 0.5) is 0 Å². The Morgan fingerprint density at radius 2 is 2.29 bits per heavy atom. The Balaban J connectivity index is 0.000000360. The van der Waals surface area contributed by atoms with Crippen LogP contribution < -0.4 is 22.2 Å². The van der Waals surface area contributed by atoms with E-state index in [2.05, 4.69) is 21.6 Å². The summed E-state index contributed by atoms with van der Waals surface area (Å²) in [4.78, 5) is 0. The number of nitrogens with two attached hydrogens (primary N) is 1. The Labute approximate surface area is 40.0 Å². The van der Waals surface area contributed by atoms with Gasteiger partial charge in [-0.05, 0) is 0 Å². The molecule has 0 spiro atoms. The lowest BCUT2D eigenvalue weighted by Gasteiger charge is -1.86. The maximum atomic E-state index is 5.05. The minimum atomic E-state index is 0. The molecule has 0 saturated carbocycles. The number of nitrogens with zero attached hydrogens (tertiary/aromatic N) is 1. The predicted molar refractivity (Wildman–Crippen MR) is 24.6 cm³/mol. The molecule has 6 heteroatoms. The summed E-state index contributed by atoms with van der Waals surface area (Å²) in [7, 11) is 0. The van der Waals surface area contributed by atoms with E-state index in [-0.39, 0.29) is 5.48 Å². The van der Waals surface area contributed by atoms with E-state index in [0.717, 1.165) is 0 Å². The molecule has 0 unspecified atom stereocenters. The normalized spacial score (nSPS) is 15.7. The van der Waals surface area contributed by atoms with Crippen LogP contribution in [0.2, 0.25) is 0 Å². The van der Waals surface area contributed by atoms with Crippen LogP contribution in [0.3, 0.4) is 0 Å². The molecule has 0 aromatic heterocycles. The molecular weight excluding hydrogens is 98.0 g/mol. The molecule has 7 heavy (non-hydrogen) atoms. The third kappa shape index (κ3) is 1.24. The van der Waals surface area contributed by atoms with Gasteiger partial charge in [0.15, 0.2) is 0 Å². The second-order valence-corrected chi connectivity index (χ2v) is 0.859. The van der Waals surface area contributed by atoms with E-state index in [9.17, 15) is 0 Å². The van der Waals surface area contributed by atoms with E-state index in [0.29, 0.717) is 5.96 Å². The summed E-state index contributed by atoms with van der Waals surface area (Å²) in [5, 5.41) is 3.46. The van der Waals surface area contributed by atoms with E-state index >= 15 is 0 Å². The van der Waals surface area contributed by atoms with Crippen molar-refractivity contribution in [1.82, 2.24) is 16.5 Å². The van der Waals surface area contributed by atoms with Crippen molar-refractivity contribution >= 4 is 5.96 Å². The first-order chi connectivity index (χ1) is 2.89. The van der Waals surface area contributed by atoms with E-state index in [1.165, 1.54) is 0 Å². The highest BCUT2D eigenvalue weighted by molar-refractivity contribution is 5.77. The minimum Gasteiger partial charge on any atom is -0.412 e. The quantitative estimate of drug-likeness (QED) is 0.263. The topological polar surface area (TPSA) is 106 Å². The van der Waals surface area contributed by atoms with Crippen LogP contribution in [0.15, 0.2) is 5.10 Å². The first-order valence-electron chi connectivity index (χ1n) is 1.49. The van der Waals surface area contributed by atoms with Gasteiger partial charge in [-0.15, -0.1) is 10.6 Å². The molecule has 1 heterocycles. The molecule has 0 saturated heterocycles. The molecule has 0 aromatic rings. The zero-order valence-electron chi connectivity index (χ0n) is 3.52. The summed E-state index contributed by atoms with van der Waals surface area (Å²) >= 11 is 0. The van der Waals surface area contributed by atoms with Crippen LogP contribution in [0.25, 0.3) is 0 Å². The third-order valence-electron chi connectivity index (χ3n) is 0.423. The Bertz CT molecular complexity index is 78.1. The first-order valence-corrected chi connectivity index (χ1v) is 1.49. The number of nitrogens with one attached hydrogen (secondary N) is 3. The zero-order chi connectivity index (χ0) is 4.41. The second kappa shape index (κ2) is 2.21. The summed E-state index contributed by atoms with van der Waals surface area (Å²) in [6.45, 7) is 0. The van der Waals surface area contributed by atoms with Crippen LogP contribution in [0, 0.1) is 0 Å². The van der Waals surface area contributed by atoms with Gasteiger partial charge < -0.3 is 11.2 Å². The summed E-state index contributed by atoms with van der Waals surface area (Å²) in [6.07, 6.45) is 0. The molecular formula is CH7N5O. The van der Waals surface area contributed by atoms with Gasteiger partial charge in [0.05, 0.1) is 0 Å². The van der Waals surface area contributed by atoms with Gasteiger partial charge in [0.25, 0.3) is 0 Å². The van der Waals surface area contributed by atoms with Gasteiger partial charge in [0.1, 0.15) is 0 Å². The molecule has 42 valence electrons. The molecule has 0 aliphatic carbocycles. The van der Waals surface area contributed by atoms with E-state index in [1.54, 1.807) is 0 Å². The van der Waals surface area contributed by atoms with Crippen LogP contribution >= 0.6 is 0 Å². The van der Waals surface area contributed by atoms with Crippen LogP contribution in [0.1, 0.15) is 0 Å². The molecule has 7 N–H and O–H groups in total. The van der Waals surface area contributed by atoms with Crippen LogP contribution in [0.5, 0.6) is 0 Å². The van der Waals surface area contributed by atoms with Crippen molar-refractivity contribution in [1.29, 1.82) is 0 Å². The van der Waals surface area contributed by atoms with Gasteiger partial charge in [0.2, 0.25) is 5.96 Å². The molecule has 0 atom stereocenters. The first kappa shape index (κ1) is 5.99. The summed E-state index contributed by atoms with van der Waals surface area (Å²) in [5.41, 5.74) is 12.4. The maximum absolute atomic E-state index is 5.05. The van der Waals surface area contributed by atoms with E-state index < -0.39 is 0 Å². The van der Waals surface area contributed by atoms with Crippen molar-refractivity contribution < 1.29 is 5.48 Å². The Hall–Kier alpha value is -1.01. The van der Waals surface area contributed by atoms with Crippen molar-refractivity contribution in [3.8, 4) is 0 Å². The van der Waals surface area contributed by atoms with Crippen molar-refractivity contribution in [2.45, 2.75) is 0 Å². The summed E-state index contributed by atoms with van der Waals surface area (Å²) < 4.78 is 0. The largest absolute Gasteiger partial charge is 0.412 e.